The highest BCUT2D eigenvalue weighted by molar-refractivity contribution is 7.91. The van der Waals surface area contributed by atoms with Crippen LogP contribution < -0.4 is 5.32 Å². The maximum Gasteiger partial charge on any atom is 0.180 e. The van der Waals surface area contributed by atoms with E-state index in [4.69, 9.17) is 0 Å². The monoisotopic (exact) mass is 373 g/mol. The van der Waals surface area contributed by atoms with Gasteiger partial charge in [0.2, 0.25) is 0 Å². The van der Waals surface area contributed by atoms with E-state index in [0.29, 0.717) is 11.4 Å². The van der Waals surface area contributed by atoms with Gasteiger partial charge in [-0.05, 0) is 43.4 Å². The van der Waals surface area contributed by atoms with E-state index in [-0.39, 0.29) is 5.75 Å². The number of rotatable bonds is 5. The molecule has 0 aliphatic heterocycles. The zero-order valence-corrected chi connectivity index (χ0v) is 15.4. The van der Waals surface area contributed by atoms with E-state index < -0.39 is 9.84 Å². The van der Waals surface area contributed by atoms with Gasteiger partial charge in [-0.25, -0.2) is 18.4 Å². The molecule has 1 aliphatic carbocycles. The van der Waals surface area contributed by atoms with Gasteiger partial charge in [-0.3, -0.25) is 0 Å². The van der Waals surface area contributed by atoms with Crippen LogP contribution >= 0.6 is 11.3 Å². The predicted molar refractivity (Wildman–Crippen MR) is 101 cm³/mol. The van der Waals surface area contributed by atoms with Gasteiger partial charge in [-0.1, -0.05) is 18.2 Å². The lowest BCUT2D eigenvalue weighted by Crippen LogP contribution is -2.16. The van der Waals surface area contributed by atoms with Crippen LogP contribution in [-0.2, 0) is 22.7 Å². The average Bonchev–Trinajstić information content (AvgIpc) is 3.02. The van der Waals surface area contributed by atoms with Crippen LogP contribution in [0.25, 0.3) is 10.2 Å². The summed E-state index contributed by atoms with van der Waals surface area (Å²) in [4.78, 5) is 11.5. The first-order chi connectivity index (χ1) is 12.1. The number of benzene rings is 1. The molecule has 2 aromatic heterocycles. The zero-order valence-electron chi connectivity index (χ0n) is 13.7. The van der Waals surface area contributed by atoms with Crippen molar-refractivity contribution in [1.82, 2.24) is 9.97 Å². The molecule has 1 aliphatic rings. The number of anilines is 1. The minimum atomic E-state index is -3.29. The number of hydrogen-bond acceptors (Lipinski definition) is 6. The number of hydrogen-bond donors (Lipinski definition) is 1. The molecule has 0 saturated carbocycles. The summed E-state index contributed by atoms with van der Waals surface area (Å²) in [6, 6.07) is 8.56. The van der Waals surface area contributed by atoms with Crippen LogP contribution in [0, 0.1) is 0 Å². The van der Waals surface area contributed by atoms with Gasteiger partial charge < -0.3 is 5.32 Å². The number of fused-ring (bicyclic) bond motifs is 3. The minimum absolute atomic E-state index is 0.0365. The van der Waals surface area contributed by atoms with Crippen molar-refractivity contribution < 1.29 is 8.42 Å². The van der Waals surface area contributed by atoms with Gasteiger partial charge in [0.05, 0.1) is 16.0 Å². The van der Waals surface area contributed by atoms with Crippen LogP contribution in [0.15, 0.2) is 41.6 Å². The fraction of sp³-hybridized carbons (Fsp3) is 0.333. The van der Waals surface area contributed by atoms with E-state index in [9.17, 15) is 8.42 Å². The summed E-state index contributed by atoms with van der Waals surface area (Å²) in [6.07, 6.45) is 6.14. The molecule has 7 heteroatoms. The molecule has 5 nitrogen and oxygen atoms in total. The number of aryl methyl sites for hydroxylation is 2. The molecule has 130 valence electrons. The van der Waals surface area contributed by atoms with Crippen molar-refractivity contribution in [3.05, 3.63) is 47.1 Å². The number of aromatic nitrogens is 2. The first-order valence-corrected chi connectivity index (χ1v) is 10.9. The Bertz CT molecular complexity index is 998. The third kappa shape index (κ3) is 3.26. The van der Waals surface area contributed by atoms with Crippen LogP contribution in [-0.4, -0.2) is 30.7 Å². The van der Waals surface area contributed by atoms with Crippen molar-refractivity contribution in [1.29, 1.82) is 0 Å². The van der Waals surface area contributed by atoms with Crippen LogP contribution in [0.1, 0.15) is 23.3 Å². The molecule has 1 N–H and O–H groups in total. The molecular formula is C18H19N3O2S2. The molecule has 0 atom stereocenters. The van der Waals surface area contributed by atoms with Gasteiger partial charge >= 0.3 is 0 Å². The largest absolute Gasteiger partial charge is 0.368 e. The van der Waals surface area contributed by atoms with E-state index in [1.165, 1.54) is 23.3 Å². The van der Waals surface area contributed by atoms with E-state index in [1.54, 1.807) is 41.9 Å². The second-order valence-electron chi connectivity index (χ2n) is 6.17. The Morgan fingerprint density at radius 1 is 1.08 bits per heavy atom. The summed E-state index contributed by atoms with van der Waals surface area (Å²) < 4.78 is 24.8. The smallest absolute Gasteiger partial charge is 0.180 e. The van der Waals surface area contributed by atoms with Crippen molar-refractivity contribution in [2.45, 2.75) is 30.6 Å². The van der Waals surface area contributed by atoms with Crippen LogP contribution in [0.4, 0.5) is 5.82 Å². The molecule has 0 spiro atoms. The molecule has 3 aromatic rings. The molecule has 0 radical (unpaired) electrons. The quantitative estimate of drug-likeness (QED) is 0.741. The number of nitrogens with one attached hydrogen (secondary N) is 1. The van der Waals surface area contributed by atoms with Gasteiger partial charge in [0.15, 0.2) is 9.84 Å². The standard InChI is InChI=1S/C18H19N3O2S2/c22-25(23,13-6-2-1-3-7-13)11-10-19-17-16-14-8-4-5-9-15(14)24-18(16)21-12-20-17/h1-3,6-7,12H,4-5,8-11H2,(H,19,20,21). The van der Waals surface area contributed by atoms with Gasteiger partial charge in [-0.2, -0.15) is 0 Å². The molecule has 2 heterocycles. The third-order valence-electron chi connectivity index (χ3n) is 4.52. The Hall–Kier alpha value is -1.99. The summed E-state index contributed by atoms with van der Waals surface area (Å²) in [6.45, 7) is 0.327. The first kappa shape index (κ1) is 16.5. The number of thiophene rings is 1. The molecule has 0 saturated heterocycles. The molecular weight excluding hydrogens is 354 g/mol. The molecule has 25 heavy (non-hydrogen) atoms. The summed E-state index contributed by atoms with van der Waals surface area (Å²) >= 11 is 1.74. The zero-order chi connectivity index (χ0) is 17.3. The van der Waals surface area contributed by atoms with Crippen LogP contribution in [0.3, 0.4) is 0 Å². The molecule has 0 amide bonds. The van der Waals surface area contributed by atoms with Crippen molar-refractivity contribution in [3.8, 4) is 0 Å². The predicted octanol–water partition coefficient (Wildman–Crippen LogP) is 3.46. The maximum atomic E-state index is 12.4. The van der Waals surface area contributed by atoms with Crippen molar-refractivity contribution in [2.75, 3.05) is 17.6 Å². The summed E-state index contributed by atoms with van der Waals surface area (Å²) in [5, 5.41) is 4.31. The van der Waals surface area contributed by atoms with Gasteiger partial charge in [-0.15, -0.1) is 11.3 Å². The van der Waals surface area contributed by atoms with Gasteiger partial charge in [0.1, 0.15) is 17.0 Å². The van der Waals surface area contributed by atoms with E-state index in [1.807, 2.05) is 6.07 Å². The maximum absolute atomic E-state index is 12.4. The second-order valence-corrected chi connectivity index (χ2v) is 9.36. The van der Waals surface area contributed by atoms with Crippen molar-refractivity contribution in [2.24, 2.45) is 0 Å². The van der Waals surface area contributed by atoms with Crippen LogP contribution in [0.2, 0.25) is 0 Å². The Balaban J connectivity index is 1.55. The fourth-order valence-electron chi connectivity index (χ4n) is 3.27. The van der Waals surface area contributed by atoms with E-state index >= 15 is 0 Å². The molecule has 1 aromatic carbocycles. The van der Waals surface area contributed by atoms with E-state index in [2.05, 4.69) is 15.3 Å². The molecule has 4 rings (SSSR count). The molecule has 0 bridgehead atoms. The summed E-state index contributed by atoms with van der Waals surface area (Å²) in [7, 11) is -3.29. The topological polar surface area (TPSA) is 72.0 Å². The Kier molecular flexibility index (Phi) is 4.43. The van der Waals surface area contributed by atoms with Crippen LogP contribution in [0.5, 0.6) is 0 Å². The third-order valence-corrected chi connectivity index (χ3v) is 7.45. The second kappa shape index (κ2) is 6.72. The Morgan fingerprint density at radius 3 is 2.72 bits per heavy atom. The Morgan fingerprint density at radius 2 is 1.88 bits per heavy atom. The number of nitrogens with zero attached hydrogens (tertiary/aromatic N) is 2. The summed E-state index contributed by atoms with van der Waals surface area (Å²) in [5.41, 5.74) is 1.35. The Labute approximate surface area is 151 Å². The minimum Gasteiger partial charge on any atom is -0.368 e. The highest BCUT2D eigenvalue weighted by atomic mass is 32.2. The summed E-state index contributed by atoms with van der Waals surface area (Å²) in [5.74, 6) is 0.794. The molecule has 0 unspecified atom stereocenters. The normalized spacial score (nSPS) is 14.4. The fourth-order valence-corrected chi connectivity index (χ4v) is 5.68. The van der Waals surface area contributed by atoms with Gasteiger partial charge in [0, 0.05) is 11.4 Å². The average molecular weight is 374 g/mol. The SMILES string of the molecule is O=S(=O)(CCNc1ncnc2sc3c(c12)CCCC3)c1ccccc1. The highest BCUT2D eigenvalue weighted by Crippen LogP contribution is 2.38. The van der Waals surface area contributed by atoms with Crippen molar-refractivity contribution in [3.63, 3.8) is 0 Å². The van der Waals surface area contributed by atoms with E-state index in [0.717, 1.165) is 28.9 Å². The first-order valence-electron chi connectivity index (χ1n) is 8.42. The lowest BCUT2D eigenvalue weighted by Gasteiger charge is -2.12. The van der Waals surface area contributed by atoms with Crippen molar-refractivity contribution >= 4 is 37.2 Å². The molecule has 0 fully saturated rings. The number of sulfone groups is 1. The lowest BCUT2D eigenvalue weighted by molar-refractivity contribution is 0.596. The van der Waals surface area contributed by atoms with Gasteiger partial charge in [0.25, 0.3) is 0 Å². The highest BCUT2D eigenvalue weighted by Gasteiger charge is 2.20. The lowest BCUT2D eigenvalue weighted by atomic mass is 9.97.